The summed E-state index contributed by atoms with van der Waals surface area (Å²) in [5.41, 5.74) is 1.81. The van der Waals surface area contributed by atoms with E-state index in [1.165, 1.54) is 4.90 Å². The molecule has 3 nitrogen and oxygen atoms in total. The molecule has 1 N–H and O–H groups in total. The molecule has 3 heteroatoms. The van der Waals surface area contributed by atoms with Crippen molar-refractivity contribution in [2.45, 2.75) is 6.42 Å². The maximum absolute atomic E-state index is 11.1. The van der Waals surface area contributed by atoms with Crippen LogP contribution in [0.3, 0.4) is 0 Å². The Kier molecular flexibility index (Phi) is 2.11. The van der Waals surface area contributed by atoms with E-state index in [-0.39, 0.29) is 0 Å². The molecule has 0 fully saturated rings. The quantitative estimate of drug-likeness (QED) is 0.746. The summed E-state index contributed by atoms with van der Waals surface area (Å²) in [7, 11) is 0. The molecule has 0 unspecified atom stereocenters. The molecule has 0 saturated heterocycles. The van der Waals surface area contributed by atoms with Crippen molar-refractivity contribution in [3.8, 4) is 0 Å². The van der Waals surface area contributed by atoms with E-state index in [1.54, 1.807) is 6.20 Å². The molecule has 1 aliphatic rings. The third-order valence-electron chi connectivity index (χ3n) is 3.00. The maximum atomic E-state index is 11.1. The van der Waals surface area contributed by atoms with E-state index in [2.05, 4.69) is 6.07 Å². The van der Waals surface area contributed by atoms with Crippen LogP contribution in [0.15, 0.2) is 48.7 Å². The van der Waals surface area contributed by atoms with Crippen LogP contribution in [0.4, 0.5) is 10.5 Å². The number of anilines is 1. The largest absolute Gasteiger partial charge is 0.464 e. The molecular weight excluding hydrogens is 214 g/mol. The SMILES string of the molecule is O=C(O)N1C=CCc2cc3ccccc3cc21. The normalized spacial score (nSPS) is 13.8. The van der Waals surface area contributed by atoms with Crippen molar-refractivity contribution in [2.24, 2.45) is 0 Å². The molecule has 0 radical (unpaired) electrons. The van der Waals surface area contributed by atoms with Crippen LogP contribution in [-0.4, -0.2) is 11.2 Å². The number of hydrogen-bond donors (Lipinski definition) is 1. The molecule has 17 heavy (non-hydrogen) atoms. The smallest absolute Gasteiger partial charge is 0.415 e. The van der Waals surface area contributed by atoms with Gasteiger partial charge in [0.05, 0.1) is 5.69 Å². The fourth-order valence-electron chi connectivity index (χ4n) is 2.20. The summed E-state index contributed by atoms with van der Waals surface area (Å²) in [6.45, 7) is 0. The second kappa shape index (κ2) is 3.63. The van der Waals surface area contributed by atoms with Gasteiger partial charge in [0.25, 0.3) is 0 Å². The lowest BCUT2D eigenvalue weighted by atomic mass is 10.0. The number of carboxylic acid groups (broad SMARTS) is 1. The van der Waals surface area contributed by atoms with Crippen molar-refractivity contribution in [2.75, 3.05) is 4.90 Å². The van der Waals surface area contributed by atoms with Gasteiger partial charge in [0.1, 0.15) is 0 Å². The minimum absolute atomic E-state index is 0.763. The minimum Gasteiger partial charge on any atom is -0.464 e. The average molecular weight is 225 g/mol. The van der Waals surface area contributed by atoms with E-state index in [1.807, 2.05) is 36.4 Å². The Hall–Kier alpha value is -2.29. The van der Waals surface area contributed by atoms with E-state index in [9.17, 15) is 4.79 Å². The van der Waals surface area contributed by atoms with Gasteiger partial charge in [-0.1, -0.05) is 30.3 Å². The Morgan fingerprint density at radius 3 is 2.59 bits per heavy atom. The molecule has 0 aromatic heterocycles. The topological polar surface area (TPSA) is 40.5 Å². The highest BCUT2D eigenvalue weighted by Crippen LogP contribution is 2.30. The van der Waals surface area contributed by atoms with Gasteiger partial charge in [-0.25, -0.2) is 4.79 Å². The van der Waals surface area contributed by atoms with Crippen LogP contribution >= 0.6 is 0 Å². The number of fused-ring (bicyclic) bond motifs is 2. The highest BCUT2D eigenvalue weighted by Gasteiger charge is 2.18. The summed E-state index contributed by atoms with van der Waals surface area (Å²) in [5.74, 6) is 0. The Bertz CT molecular complexity index is 631. The predicted molar refractivity (Wildman–Crippen MR) is 67.3 cm³/mol. The first kappa shape index (κ1) is 9.90. The van der Waals surface area contributed by atoms with E-state index in [0.717, 1.165) is 28.4 Å². The monoisotopic (exact) mass is 225 g/mol. The second-order valence-corrected chi connectivity index (χ2v) is 4.07. The molecule has 1 amide bonds. The molecule has 1 heterocycles. The Morgan fingerprint density at radius 1 is 1.18 bits per heavy atom. The van der Waals surface area contributed by atoms with E-state index < -0.39 is 6.09 Å². The zero-order valence-electron chi connectivity index (χ0n) is 9.13. The maximum Gasteiger partial charge on any atom is 0.415 e. The van der Waals surface area contributed by atoms with Crippen LogP contribution in [0.25, 0.3) is 10.8 Å². The first-order valence-corrected chi connectivity index (χ1v) is 5.46. The van der Waals surface area contributed by atoms with Crippen LogP contribution in [0.5, 0.6) is 0 Å². The van der Waals surface area contributed by atoms with Crippen molar-refractivity contribution in [3.05, 3.63) is 54.2 Å². The Balaban J connectivity index is 2.25. The third kappa shape index (κ3) is 1.56. The van der Waals surface area contributed by atoms with Gasteiger partial charge in [-0.05, 0) is 34.9 Å². The standard InChI is InChI=1S/C14H11NO2/c16-14(17)15-7-3-6-12-8-10-4-1-2-5-11(10)9-13(12)15/h1-5,7-9H,6H2,(H,16,17). The summed E-state index contributed by atoms with van der Waals surface area (Å²) in [6, 6.07) is 12.0. The zero-order valence-corrected chi connectivity index (χ0v) is 9.13. The molecule has 0 bridgehead atoms. The van der Waals surface area contributed by atoms with E-state index in [4.69, 9.17) is 5.11 Å². The first-order valence-electron chi connectivity index (χ1n) is 5.46. The van der Waals surface area contributed by atoms with Crippen LogP contribution in [0, 0.1) is 0 Å². The van der Waals surface area contributed by atoms with Crippen molar-refractivity contribution < 1.29 is 9.90 Å². The molecule has 0 atom stereocenters. The summed E-state index contributed by atoms with van der Waals surface area (Å²) in [6.07, 6.45) is 3.31. The fourth-order valence-corrected chi connectivity index (χ4v) is 2.20. The highest BCUT2D eigenvalue weighted by molar-refractivity contribution is 5.95. The van der Waals surface area contributed by atoms with Gasteiger partial charge in [0.2, 0.25) is 0 Å². The minimum atomic E-state index is -0.947. The third-order valence-corrected chi connectivity index (χ3v) is 3.00. The van der Waals surface area contributed by atoms with Crippen molar-refractivity contribution >= 4 is 22.6 Å². The number of amides is 1. The number of nitrogens with zero attached hydrogens (tertiary/aromatic N) is 1. The summed E-state index contributed by atoms with van der Waals surface area (Å²) in [4.78, 5) is 12.4. The Labute approximate surface area is 98.6 Å². The molecule has 3 rings (SSSR count). The van der Waals surface area contributed by atoms with E-state index in [0.29, 0.717) is 0 Å². The molecule has 1 aliphatic heterocycles. The lowest BCUT2D eigenvalue weighted by molar-refractivity contribution is 0.204. The van der Waals surface area contributed by atoms with Gasteiger partial charge in [0, 0.05) is 6.20 Å². The number of rotatable bonds is 0. The molecular formula is C14H11NO2. The van der Waals surface area contributed by atoms with Gasteiger partial charge < -0.3 is 5.11 Å². The lowest BCUT2D eigenvalue weighted by Crippen LogP contribution is -2.25. The second-order valence-electron chi connectivity index (χ2n) is 4.07. The lowest BCUT2D eigenvalue weighted by Gasteiger charge is -2.22. The molecule has 2 aromatic carbocycles. The number of allylic oxidation sites excluding steroid dienone is 1. The highest BCUT2D eigenvalue weighted by atomic mass is 16.4. The van der Waals surface area contributed by atoms with Gasteiger partial charge >= 0.3 is 6.09 Å². The predicted octanol–water partition coefficient (Wildman–Crippen LogP) is 3.39. The summed E-state index contributed by atoms with van der Waals surface area (Å²) >= 11 is 0. The number of benzene rings is 2. The molecule has 2 aromatic rings. The van der Waals surface area contributed by atoms with Crippen LogP contribution in [0.2, 0.25) is 0 Å². The van der Waals surface area contributed by atoms with Crippen LogP contribution in [0.1, 0.15) is 5.56 Å². The summed E-state index contributed by atoms with van der Waals surface area (Å²) < 4.78 is 0. The molecule has 0 spiro atoms. The van der Waals surface area contributed by atoms with Gasteiger partial charge in [0.15, 0.2) is 0 Å². The summed E-state index contributed by atoms with van der Waals surface area (Å²) in [5, 5.41) is 11.3. The molecule has 84 valence electrons. The zero-order chi connectivity index (χ0) is 11.8. The van der Waals surface area contributed by atoms with Crippen molar-refractivity contribution in [1.29, 1.82) is 0 Å². The first-order chi connectivity index (χ1) is 8.25. The fraction of sp³-hybridized carbons (Fsp3) is 0.0714. The Morgan fingerprint density at radius 2 is 1.88 bits per heavy atom. The van der Waals surface area contributed by atoms with Crippen molar-refractivity contribution in [1.82, 2.24) is 0 Å². The average Bonchev–Trinajstić information content (AvgIpc) is 2.35. The van der Waals surface area contributed by atoms with Gasteiger partial charge in [-0.3, -0.25) is 4.90 Å². The van der Waals surface area contributed by atoms with E-state index >= 15 is 0 Å². The number of hydrogen-bond acceptors (Lipinski definition) is 1. The van der Waals surface area contributed by atoms with Crippen molar-refractivity contribution in [3.63, 3.8) is 0 Å². The number of carbonyl (C=O) groups is 1. The van der Waals surface area contributed by atoms with Crippen LogP contribution in [-0.2, 0) is 6.42 Å². The van der Waals surface area contributed by atoms with Gasteiger partial charge in [-0.2, -0.15) is 0 Å². The van der Waals surface area contributed by atoms with Gasteiger partial charge in [-0.15, -0.1) is 0 Å². The molecule has 0 saturated carbocycles. The van der Waals surface area contributed by atoms with Crippen LogP contribution < -0.4 is 4.90 Å². The molecule has 0 aliphatic carbocycles.